The molecule has 0 saturated heterocycles. The molecule has 0 aliphatic carbocycles. The number of anilines is 2. The minimum Gasteiger partial charge on any atom is -0.397 e. The van der Waals surface area contributed by atoms with E-state index in [1.807, 2.05) is 18.2 Å². The second-order valence-electron chi connectivity index (χ2n) is 4.57. The van der Waals surface area contributed by atoms with E-state index in [1.54, 1.807) is 0 Å². The van der Waals surface area contributed by atoms with Gasteiger partial charge in [0, 0.05) is 13.6 Å². The summed E-state index contributed by atoms with van der Waals surface area (Å²) >= 11 is 0. The lowest BCUT2D eigenvalue weighted by Gasteiger charge is -2.20. The minimum absolute atomic E-state index is 0.847. The fraction of sp³-hybridized carbons (Fsp3) is 0.250. The van der Waals surface area contributed by atoms with Gasteiger partial charge < -0.3 is 10.6 Å². The first kappa shape index (κ1) is 12.5. The highest BCUT2D eigenvalue weighted by atomic mass is 15.1. The highest BCUT2D eigenvalue weighted by Gasteiger charge is 2.03. The number of aryl methyl sites for hydroxylation is 1. The Bertz CT molecular complexity index is 479. The van der Waals surface area contributed by atoms with Gasteiger partial charge in [-0.05, 0) is 30.5 Å². The molecule has 2 heteroatoms. The molecular formula is C16H20N2. The van der Waals surface area contributed by atoms with Gasteiger partial charge in [0.2, 0.25) is 0 Å². The summed E-state index contributed by atoms with van der Waals surface area (Å²) in [7, 11) is 2.09. The third-order valence-electron chi connectivity index (χ3n) is 3.15. The van der Waals surface area contributed by atoms with Gasteiger partial charge in [-0.3, -0.25) is 0 Å². The van der Waals surface area contributed by atoms with Crippen molar-refractivity contribution < 1.29 is 0 Å². The van der Waals surface area contributed by atoms with Crippen molar-refractivity contribution in [1.29, 1.82) is 0 Å². The molecule has 0 aliphatic rings. The van der Waals surface area contributed by atoms with Crippen molar-refractivity contribution in [3.8, 4) is 0 Å². The number of nitrogens with two attached hydrogens (primary N) is 1. The third-order valence-corrected chi connectivity index (χ3v) is 3.15. The second kappa shape index (κ2) is 6.10. The first-order valence-corrected chi connectivity index (χ1v) is 6.37. The van der Waals surface area contributed by atoms with Crippen LogP contribution in [0, 0.1) is 0 Å². The first-order valence-electron chi connectivity index (χ1n) is 6.37. The monoisotopic (exact) mass is 240 g/mol. The van der Waals surface area contributed by atoms with Gasteiger partial charge in [-0.25, -0.2) is 0 Å². The maximum Gasteiger partial charge on any atom is 0.0597 e. The molecule has 0 saturated carbocycles. The Kier molecular flexibility index (Phi) is 4.24. The Morgan fingerprint density at radius 1 is 0.944 bits per heavy atom. The number of benzene rings is 2. The van der Waals surface area contributed by atoms with E-state index in [1.165, 1.54) is 5.56 Å². The number of nitrogens with zero attached hydrogens (tertiary/aromatic N) is 1. The standard InChI is InChI=1S/C16H20N2/c1-18(16-12-6-5-11-15(16)17)13-7-10-14-8-3-2-4-9-14/h2-6,8-9,11-12H,7,10,13,17H2,1H3. The van der Waals surface area contributed by atoms with Crippen LogP contribution < -0.4 is 10.6 Å². The number of para-hydroxylation sites is 2. The lowest BCUT2D eigenvalue weighted by molar-refractivity contribution is 0.786. The Balaban J connectivity index is 1.86. The molecule has 0 aliphatic heterocycles. The number of hydrogen-bond donors (Lipinski definition) is 1. The van der Waals surface area contributed by atoms with Crippen molar-refractivity contribution in [2.75, 3.05) is 24.2 Å². The number of rotatable bonds is 5. The van der Waals surface area contributed by atoms with Crippen molar-refractivity contribution in [3.63, 3.8) is 0 Å². The molecule has 94 valence electrons. The zero-order chi connectivity index (χ0) is 12.8. The van der Waals surface area contributed by atoms with Gasteiger partial charge in [-0.2, -0.15) is 0 Å². The second-order valence-corrected chi connectivity index (χ2v) is 4.57. The van der Waals surface area contributed by atoms with Crippen LogP contribution >= 0.6 is 0 Å². The molecule has 0 bridgehead atoms. The molecule has 0 aromatic heterocycles. The van der Waals surface area contributed by atoms with Gasteiger partial charge in [0.1, 0.15) is 0 Å². The number of nitrogen functional groups attached to an aromatic ring is 1. The predicted molar refractivity (Wildman–Crippen MR) is 78.9 cm³/mol. The zero-order valence-corrected chi connectivity index (χ0v) is 10.8. The summed E-state index contributed by atoms with van der Waals surface area (Å²) in [6.07, 6.45) is 2.24. The lowest BCUT2D eigenvalue weighted by Crippen LogP contribution is -2.20. The van der Waals surface area contributed by atoms with Crippen LogP contribution in [0.3, 0.4) is 0 Å². The predicted octanol–water partition coefficient (Wildman–Crippen LogP) is 3.34. The molecule has 2 aromatic rings. The average molecular weight is 240 g/mol. The Morgan fingerprint density at radius 2 is 1.61 bits per heavy atom. The van der Waals surface area contributed by atoms with Crippen molar-refractivity contribution in [3.05, 3.63) is 60.2 Å². The topological polar surface area (TPSA) is 29.3 Å². The SMILES string of the molecule is CN(CCCc1ccccc1)c1ccccc1N. The van der Waals surface area contributed by atoms with E-state index >= 15 is 0 Å². The van der Waals surface area contributed by atoms with E-state index in [2.05, 4.69) is 48.3 Å². The van der Waals surface area contributed by atoms with E-state index < -0.39 is 0 Å². The van der Waals surface area contributed by atoms with E-state index in [-0.39, 0.29) is 0 Å². The zero-order valence-electron chi connectivity index (χ0n) is 10.8. The van der Waals surface area contributed by atoms with Gasteiger partial charge in [-0.15, -0.1) is 0 Å². The van der Waals surface area contributed by atoms with Crippen molar-refractivity contribution in [2.24, 2.45) is 0 Å². The summed E-state index contributed by atoms with van der Waals surface area (Å²) in [6.45, 7) is 1.02. The van der Waals surface area contributed by atoms with Crippen LogP contribution in [0.25, 0.3) is 0 Å². The molecule has 0 fully saturated rings. The average Bonchev–Trinajstić information content (AvgIpc) is 2.40. The fourth-order valence-corrected chi connectivity index (χ4v) is 2.12. The van der Waals surface area contributed by atoms with Crippen molar-refractivity contribution in [2.45, 2.75) is 12.8 Å². The fourth-order valence-electron chi connectivity index (χ4n) is 2.12. The first-order chi connectivity index (χ1) is 8.77. The summed E-state index contributed by atoms with van der Waals surface area (Å²) in [6, 6.07) is 18.6. The van der Waals surface area contributed by atoms with Crippen LogP contribution in [0.5, 0.6) is 0 Å². The Hall–Kier alpha value is -1.96. The highest BCUT2D eigenvalue weighted by Crippen LogP contribution is 2.21. The van der Waals surface area contributed by atoms with E-state index in [9.17, 15) is 0 Å². The van der Waals surface area contributed by atoms with Crippen LogP contribution in [0.4, 0.5) is 11.4 Å². The molecule has 0 atom stereocenters. The molecule has 2 rings (SSSR count). The normalized spacial score (nSPS) is 10.3. The van der Waals surface area contributed by atoms with Crippen LogP contribution in [0.2, 0.25) is 0 Å². The van der Waals surface area contributed by atoms with Gasteiger partial charge in [0.05, 0.1) is 11.4 Å². The van der Waals surface area contributed by atoms with Crippen LogP contribution in [-0.4, -0.2) is 13.6 Å². The van der Waals surface area contributed by atoms with E-state index in [0.29, 0.717) is 0 Å². The molecule has 0 radical (unpaired) electrons. The summed E-state index contributed by atoms with van der Waals surface area (Å²) in [5, 5.41) is 0. The smallest absolute Gasteiger partial charge is 0.0597 e. The Morgan fingerprint density at radius 3 is 2.33 bits per heavy atom. The Labute approximate surface area is 109 Å². The van der Waals surface area contributed by atoms with Crippen molar-refractivity contribution >= 4 is 11.4 Å². The molecule has 2 aromatic carbocycles. The molecule has 2 nitrogen and oxygen atoms in total. The lowest BCUT2D eigenvalue weighted by atomic mass is 10.1. The van der Waals surface area contributed by atoms with Gasteiger partial charge in [0.25, 0.3) is 0 Å². The van der Waals surface area contributed by atoms with Crippen molar-refractivity contribution in [1.82, 2.24) is 0 Å². The number of hydrogen-bond acceptors (Lipinski definition) is 2. The minimum atomic E-state index is 0.847. The summed E-state index contributed by atoms with van der Waals surface area (Å²) in [5.41, 5.74) is 9.32. The van der Waals surface area contributed by atoms with E-state index in [4.69, 9.17) is 5.73 Å². The van der Waals surface area contributed by atoms with Crippen LogP contribution in [0.15, 0.2) is 54.6 Å². The maximum absolute atomic E-state index is 5.96. The maximum atomic E-state index is 5.96. The molecule has 0 spiro atoms. The molecule has 2 N–H and O–H groups in total. The molecule has 18 heavy (non-hydrogen) atoms. The third kappa shape index (κ3) is 3.27. The molecular weight excluding hydrogens is 220 g/mol. The quantitative estimate of drug-likeness (QED) is 0.812. The largest absolute Gasteiger partial charge is 0.397 e. The highest BCUT2D eigenvalue weighted by molar-refractivity contribution is 5.66. The van der Waals surface area contributed by atoms with Crippen LogP contribution in [-0.2, 0) is 6.42 Å². The van der Waals surface area contributed by atoms with Gasteiger partial charge in [-0.1, -0.05) is 42.5 Å². The van der Waals surface area contributed by atoms with Gasteiger partial charge >= 0.3 is 0 Å². The van der Waals surface area contributed by atoms with Crippen LogP contribution in [0.1, 0.15) is 12.0 Å². The molecule has 0 heterocycles. The summed E-state index contributed by atoms with van der Waals surface area (Å²) in [5.74, 6) is 0. The summed E-state index contributed by atoms with van der Waals surface area (Å²) < 4.78 is 0. The summed E-state index contributed by atoms with van der Waals surface area (Å²) in [4.78, 5) is 2.22. The van der Waals surface area contributed by atoms with Gasteiger partial charge in [0.15, 0.2) is 0 Å². The molecule has 0 amide bonds. The molecule has 0 unspecified atom stereocenters. The van der Waals surface area contributed by atoms with E-state index in [0.717, 1.165) is 30.8 Å².